The van der Waals surface area contributed by atoms with Crippen molar-refractivity contribution in [2.75, 3.05) is 0 Å². The lowest BCUT2D eigenvalue weighted by Gasteiger charge is -2.11. The number of carbonyl (C=O) groups is 1. The van der Waals surface area contributed by atoms with Gasteiger partial charge in [0.2, 0.25) is 23.6 Å². The number of primary amides is 1. The number of amides is 1. The first-order chi connectivity index (χ1) is 16.4. The van der Waals surface area contributed by atoms with Crippen molar-refractivity contribution in [3.63, 3.8) is 0 Å². The quantitative estimate of drug-likeness (QED) is 0.406. The molecule has 174 valence electrons. The Labute approximate surface area is 199 Å². The molecule has 10 nitrogen and oxygen atoms in total. The number of rotatable bonds is 8. The fourth-order valence-corrected chi connectivity index (χ4v) is 4.16. The van der Waals surface area contributed by atoms with Crippen LogP contribution in [0.4, 0.5) is 0 Å². The third-order valence-corrected chi connectivity index (χ3v) is 6.46. The van der Waals surface area contributed by atoms with E-state index in [1.165, 1.54) is 6.33 Å². The van der Waals surface area contributed by atoms with E-state index >= 15 is 0 Å². The molecule has 0 atom stereocenters. The van der Waals surface area contributed by atoms with Crippen LogP contribution in [0.5, 0.6) is 5.88 Å². The smallest absolute Gasteiger partial charge is 0.245 e. The molecule has 0 radical (unpaired) electrons. The van der Waals surface area contributed by atoms with Crippen LogP contribution in [0, 0.1) is 0 Å². The lowest BCUT2D eigenvalue weighted by Crippen LogP contribution is -2.13. The molecule has 2 saturated carbocycles. The molecule has 0 aliphatic heterocycles. The van der Waals surface area contributed by atoms with Gasteiger partial charge in [0.15, 0.2) is 11.2 Å². The summed E-state index contributed by atoms with van der Waals surface area (Å²) in [5.74, 6) is 2.03. The first kappa shape index (κ1) is 21.0. The number of benzene rings is 1. The molecule has 0 unspecified atom stereocenters. The van der Waals surface area contributed by atoms with Crippen LogP contribution in [0.25, 0.3) is 22.6 Å². The average molecular weight is 480 g/mol. The molecule has 0 bridgehead atoms. The van der Waals surface area contributed by atoms with E-state index in [1.54, 1.807) is 6.07 Å². The number of nitrogens with zero attached hydrogens (tertiary/aromatic N) is 6. The number of halogens is 1. The Morgan fingerprint density at radius 3 is 2.82 bits per heavy atom. The Morgan fingerprint density at radius 2 is 2.12 bits per heavy atom. The molecular weight excluding hydrogens is 458 g/mol. The van der Waals surface area contributed by atoms with Gasteiger partial charge in [0.25, 0.3) is 0 Å². The highest BCUT2D eigenvalue weighted by Gasteiger charge is 2.41. The van der Waals surface area contributed by atoms with E-state index in [9.17, 15) is 4.79 Å². The van der Waals surface area contributed by atoms with E-state index in [0.717, 1.165) is 31.2 Å². The van der Waals surface area contributed by atoms with Crippen molar-refractivity contribution >= 4 is 28.7 Å². The van der Waals surface area contributed by atoms with Gasteiger partial charge in [0.05, 0.1) is 11.4 Å². The van der Waals surface area contributed by atoms with Gasteiger partial charge >= 0.3 is 0 Å². The highest BCUT2D eigenvalue weighted by atomic mass is 35.5. The maximum atomic E-state index is 11.3. The number of imidazole rings is 1. The van der Waals surface area contributed by atoms with Gasteiger partial charge in [-0.1, -0.05) is 17.7 Å². The van der Waals surface area contributed by atoms with Gasteiger partial charge in [-0.15, -0.1) is 10.2 Å². The van der Waals surface area contributed by atoms with Crippen molar-refractivity contribution < 1.29 is 13.9 Å². The third-order valence-electron chi connectivity index (χ3n) is 6.15. The Kier molecular flexibility index (Phi) is 4.80. The summed E-state index contributed by atoms with van der Waals surface area (Å²) in [6.07, 6.45) is 5.63. The SMILES string of the molecule is CC1(Oc2ncnc3c2nc(-c2ccc(CC(N)=O)cc2Cl)n3Cc2nnc(C3CC3)o2)CC1. The van der Waals surface area contributed by atoms with E-state index in [1.807, 2.05) is 23.6 Å². The molecule has 0 saturated heterocycles. The van der Waals surface area contributed by atoms with Gasteiger partial charge in [-0.05, 0) is 50.3 Å². The van der Waals surface area contributed by atoms with Crippen molar-refractivity contribution in [2.45, 2.75) is 57.1 Å². The number of hydrogen-bond donors (Lipinski definition) is 1. The van der Waals surface area contributed by atoms with Gasteiger partial charge in [-0.2, -0.15) is 4.98 Å². The van der Waals surface area contributed by atoms with Crippen LogP contribution in [0.2, 0.25) is 5.02 Å². The molecule has 2 aliphatic rings. The fourth-order valence-electron chi connectivity index (χ4n) is 3.87. The second kappa shape index (κ2) is 7.76. The van der Waals surface area contributed by atoms with E-state index in [4.69, 9.17) is 31.5 Å². The second-order valence-corrected chi connectivity index (χ2v) is 9.60. The van der Waals surface area contributed by atoms with Crippen molar-refractivity contribution in [3.05, 3.63) is 46.9 Å². The van der Waals surface area contributed by atoms with Crippen LogP contribution in [-0.2, 0) is 17.8 Å². The van der Waals surface area contributed by atoms with Crippen molar-refractivity contribution in [1.82, 2.24) is 29.7 Å². The highest BCUT2D eigenvalue weighted by molar-refractivity contribution is 6.33. The lowest BCUT2D eigenvalue weighted by atomic mass is 10.1. The number of ether oxygens (including phenoxy) is 1. The summed E-state index contributed by atoms with van der Waals surface area (Å²) in [5, 5.41) is 8.86. The van der Waals surface area contributed by atoms with Gasteiger partial charge in [-0.3, -0.25) is 9.36 Å². The molecule has 1 amide bonds. The molecule has 11 heteroatoms. The van der Waals surface area contributed by atoms with Gasteiger partial charge in [0.1, 0.15) is 24.3 Å². The zero-order valence-electron chi connectivity index (χ0n) is 18.5. The van der Waals surface area contributed by atoms with E-state index in [-0.39, 0.29) is 18.6 Å². The Morgan fingerprint density at radius 1 is 1.29 bits per heavy atom. The van der Waals surface area contributed by atoms with Crippen LogP contribution in [-0.4, -0.2) is 41.2 Å². The lowest BCUT2D eigenvalue weighted by molar-refractivity contribution is -0.117. The highest BCUT2D eigenvalue weighted by Crippen LogP contribution is 2.42. The van der Waals surface area contributed by atoms with Gasteiger partial charge < -0.3 is 14.9 Å². The minimum atomic E-state index is -0.426. The molecule has 6 rings (SSSR count). The molecule has 0 spiro atoms. The number of aromatic nitrogens is 6. The predicted molar refractivity (Wildman–Crippen MR) is 122 cm³/mol. The van der Waals surface area contributed by atoms with Crippen molar-refractivity contribution in [2.24, 2.45) is 5.73 Å². The van der Waals surface area contributed by atoms with Crippen molar-refractivity contribution in [1.29, 1.82) is 0 Å². The first-order valence-corrected chi connectivity index (χ1v) is 11.6. The summed E-state index contributed by atoms with van der Waals surface area (Å²) in [4.78, 5) is 25.0. The predicted octanol–water partition coefficient (Wildman–Crippen LogP) is 3.41. The summed E-state index contributed by atoms with van der Waals surface area (Å²) in [6.45, 7) is 2.31. The summed E-state index contributed by atoms with van der Waals surface area (Å²) >= 11 is 6.64. The summed E-state index contributed by atoms with van der Waals surface area (Å²) < 4.78 is 13.9. The maximum Gasteiger partial charge on any atom is 0.245 e. The third kappa shape index (κ3) is 3.98. The largest absolute Gasteiger partial charge is 0.470 e. The number of fused-ring (bicyclic) bond motifs is 1. The van der Waals surface area contributed by atoms with Crippen LogP contribution >= 0.6 is 11.6 Å². The number of nitrogens with two attached hydrogens (primary N) is 1. The van der Waals surface area contributed by atoms with Crippen LogP contribution in [0.15, 0.2) is 28.9 Å². The fraction of sp³-hybridized carbons (Fsp3) is 0.391. The van der Waals surface area contributed by atoms with E-state index in [2.05, 4.69) is 20.2 Å². The molecule has 3 heterocycles. The topological polar surface area (TPSA) is 135 Å². The van der Waals surface area contributed by atoms with Crippen molar-refractivity contribution in [3.8, 4) is 17.3 Å². The van der Waals surface area contributed by atoms with Crippen LogP contribution in [0.3, 0.4) is 0 Å². The molecule has 34 heavy (non-hydrogen) atoms. The summed E-state index contributed by atoms with van der Waals surface area (Å²) in [5.41, 5.74) is 7.60. The standard InChI is InChI=1S/C23H22ClN7O3/c1-23(6-7-23)34-22-18-20(26-11-27-22)31(10-17-29-30-21(33-17)13-3-4-13)19(28-18)14-5-2-12(8-15(14)24)9-16(25)32/h2,5,8,11,13H,3-4,6-7,9-10H2,1H3,(H2,25,32). The molecule has 2 N–H and O–H groups in total. The number of hydrogen-bond acceptors (Lipinski definition) is 8. The summed E-state index contributed by atoms with van der Waals surface area (Å²) in [6, 6.07) is 5.34. The molecule has 1 aromatic carbocycles. The van der Waals surface area contributed by atoms with Crippen LogP contribution < -0.4 is 10.5 Å². The molecule has 2 fully saturated rings. The molecule has 2 aliphatic carbocycles. The normalized spacial score (nSPS) is 16.6. The monoisotopic (exact) mass is 479 g/mol. The zero-order chi connectivity index (χ0) is 23.4. The minimum Gasteiger partial charge on any atom is -0.470 e. The van der Waals surface area contributed by atoms with E-state index < -0.39 is 5.91 Å². The zero-order valence-corrected chi connectivity index (χ0v) is 19.2. The van der Waals surface area contributed by atoms with Crippen LogP contribution in [0.1, 0.15) is 55.9 Å². The average Bonchev–Trinajstić information content (AvgIpc) is 3.69. The molecule has 4 aromatic rings. The second-order valence-electron chi connectivity index (χ2n) is 9.19. The Balaban J connectivity index is 1.46. The molecular formula is C23H22ClN7O3. The van der Waals surface area contributed by atoms with E-state index in [0.29, 0.717) is 51.2 Å². The Hall–Kier alpha value is -3.53. The first-order valence-electron chi connectivity index (χ1n) is 11.2. The number of carbonyl (C=O) groups excluding carboxylic acids is 1. The van der Waals surface area contributed by atoms with Gasteiger partial charge in [0, 0.05) is 11.5 Å². The maximum absolute atomic E-state index is 11.3. The minimum absolute atomic E-state index is 0.102. The Bertz CT molecular complexity index is 1420. The summed E-state index contributed by atoms with van der Waals surface area (Å²) in [7, 11) is 0. The molecule has 3 aromatic heterocycles. The van der Waals surface area contributed by atoms with Gasteiger partial charge in [-0.25, -0.2) is 9.97 Å².